The lowest BCUT2D eigenvalue weighted by Crippen LogP contribution is -2.18. The lowest BCUT2D eigenvalue weighted by Gasteiger charge is -2.24. The third-order valence-electron chi connectivity index (χ3n) is 7.80. The summed E-state index contributed by atoms with van der Waals surface area (Å²) in [6.45, 7) is 0. The second-order valence-corrected chi connectivity index (χ2v) is 15.5. The first kappa shape index (κ1) is 37.4. The highest BCUT2D eigenvalue weighted by Crippen LogP contribution is 2.45. The minimum absolute atomic E-state index is 0.172. The molecule has 0 saturated carbocycles. The van der Waals surface area contributed by atoms with Crippen LogP contribution < -0.4 is 21.2 Å². The molecule has 0 radical (unpaired) electrons. The van der Waals surface area contributed by atoms with Crippen molar-refractivity contribution in [1.82, 2.24) is 0 Å². The van der Waals surface area contributed by atoms with Gasteiger partial charge in [0.05, 0.1) is 22.3 Å². The summed E-state index contributed by atoms with van der Waals surface area (Å²) in [4.78, 5) is 0. The molecule has 5 aromatic rings. The van der Waals surface area contributed by atoms with E-state index >= 15 is 0 Å². The molecule has 0 heterocycles. The molecule has 0 aliphatic heterocycles. The molecule has 0 N–H and O–H groups in total. The van der Waals surface area contributed by atoms with Crippen LogP contribution in [0.4, 0.5) is 52.7 Å². The third-order valence-corrected chi connectivity index (χ3v) is 12.8. The van der Waals surface area contributed by atoms with Crippen LogP contribution in [0.3, 0.4) is 0 Å². The molecule has 0 aliphatic carbocycles. The van der Waals surface area contributed by atoms with E-state index in [4.69, 9.17) is 0 Å². The number of rotatable bonds is 8. The molecular formula is C36H24F12P2. The van der Waals surface area contributed by atoms with Crippen molar-refractivity contribution in [1.29, 1.82) is 0 Å². The summed E-state index contributed by atoms with van der Waals surface area (Å²) in [5, 5.41) is 1.82. The Kier molecular flexibility index (Phi) is 10.8. The highest BCUT2D eigenvalue weighted by atomic mass is 31.1. The predicted molar refractivity (Wildman–Crippen MR) is 172 cm³/mol. The number of alkyl halides is 12. The van der Waals surface area contributed by atoms with Gasteiger partial charge in [0, 0.05) is 12.3 Å². The average Bonchev–Trinajstić information content (AvgIpc) is 3.05. The molecule has 50 heavy (non-hydrogen) atoms. The van der Waals surface area contributed by atoms with Gasteiger partial charge in [0.15, 0.2) is 0 Å². The lowest BCUT2D eigenvalue weighted by molar-refractivity contribution is -0.138. The van der Waals surface area contributed by atoms with Crippen molar-refractivity contribution in [2.24, 2.45) is 0 Å². The van der Waals surface area contributed by atoms with E-state index in [0.29, 0.717) is 32.3 Å². The molecule has 0 amide bonds. The van der Waals surface area contributed by atoms with Crippen LogP contribution in [0.5, 0.6) is 0 Å². The molecule has 0 bridgehead atoms. The van der Waals surface area contributed by atoms with Gasteiger partial charge in [-0.2, -0.15) is 52.7 Å². The molecule has 0 unspecified atom stereocenters. The van der Waals surface area contributed by atoms with Gasteiger partial charge in [-0.3, -0.25) is 0 Å². The summed E-state index contributed by atoms with van der Waals surface area (Å²) in [5.41, 5.74) is -2.26. The van der Waals surface area contributed by atoms with Crippen LogP contribution in [0.1, 0.15) is 33.4 Å². The zero-order chi connectivity index (χ0) is 36.5. The molecule has 0 aliphatic rings. The van der Waals surface area contributed by atoms with Gasteiger partial charge in [0.1, 0.15) is 0 Å². The second kappa shape index (κ2) is 14.4. The van der Waals surface area contributed by atoms with Crippen LogP contribution in [-0.4, -0.2) is 0 Å². The van der Waals surface area contributed by atoms with E-state index in [9.17, 15) is 52.7 Å². The molecule has 0 aromatic heterocycles. The Morgan fingerprint density at radius 2 is 0.500 bits per heavy atom. The van der Waals surface area contributed by atoms with Crippen LogP contribution in [0.25, 0.3) is 0 Å². The number of benzene rings is 5. The molecule has 0 nitrogen and oxygen atoms in total. The topological polar surface area (TPSA) is 0 Å². The van der Waals surface area contributed by atoms with Crippen molar-refractivity contribution in [3.63, 3.8) is 0 Å². The van der Waals surface area contributed by atoms with E-state index < -0.39 is 62.8 Å². The Labute approximate surface area is 281 Å². The summed E-state index contributed by atoms with van der Waals surface area (Å²) >= 11 is 0. The van der Waals surface area contributed by atoms with E-state index in [0.717, 1.165) is 48.5 Å². The van der Waals surface area contributed by atoms with Crippen LogP contribution in [0.15, 0.2) is 121 Å². The monoisotopic (exact) mass is 746 g/mol. The van der Waals surface area contributed by atoms with Gasteiger partial charge in [0.25, 0.3) is 0 Å². The van der Waals surface area contributed by atoms with E-state index in [1.54, 1.807) is 24.3 Å². The average molecular weight is 747 g/mol. The standard InChI is InChI=1S/C36H24F12P2/c37-33(38,39)25-5-13-29(14-6-25)49(30-15-7-26(8-16-30)34(40,41)42)21-23-3-1-2-4-24(23)22-50(31-17-9-27(10-18-31)35(43,44)45)32-19-11-28(12-20-32)36(46,47)48/h1-20H,21-22H2. The first-order chi connectivity index (χ1) is 23.3. The zero-order valence-corrected chi connectivity index (χ0v) is 27.2. The van der Waals surface area contributed by atoms with Crippen molar-refractivity contribution < 1.29 is 52.7 Å². The third kappa shape index (κ3) is 9.07. The van der Waals surface area contributed by atoms with Gasteiger partial charge < -0.3 is 0 Å². The quantitative estimate of drug-likeness (QED) is 0.110. The van der Waals surface area contributed by atoms with E-state index in [2.05, 4.69) is 0 Å². The normalized spacial score (nSPS) is 12.9. The molecule has 5 aromatic carbocycles. The SMILES string of the molecule is FC(F)(F)c1ccc(P(Cc2ccccc2CP(c2ccc(C(F)(F)F)cc2)c2ccc(C(F)(F)F)cc2)c2ccc(C(F)(F)F)cc2)cc1. The molecule has 0 atom stereocenters. The Bertz CT molecular complexity index is 1620. The number of hydrogen-bond donors (Lipinski definition) is 0. The van der Waals surface area contributed by atoms with Crippen LogP contribution >= 0.6 is 15.8 Å². The summed E-state index contributed by atoms with van der Waals surface area (Å²) in [7, 11) is -3.17. The molecule has 5 rings (SSSR count). The predicted octanol–water partition coefficient (Wildman–Crippen LogP) is 11.0. The maximum absolute atomic E-state index is 13.4. The Hall–Kier alpha value is -3.88. The van der Waals surface area contributed by atoms with Crippen molar-refractivity contribution in [3.05, 3.63) is 155 Å². The largest absolute Gasteiger partial charge is 0.416 e. The van der Waals surface area contributed by atoms with Crippen molar-refractivity contribution in [3.8, 4) is 0 Å². The van der Waals surface area contributed by atoms with Crippen LogP contribution in [0.2, 0.25) is 0 Å². The van der Waals surface area contributed by atoms with Gasteiger partial charge in [-0.1, -0.05) is 72.8 Å². The fraction of sp³-hybridized carbons (Fsp3) is 0.167. The highest BCUT2D eigenvalue weighted by molar-refractivity contribution is 7.72. The molecular weight excluding hydrogens is 722 g/mol. The maximum Gasteiger partial charge on any atom is 0.416 e. The van der Waals surface area contributed by atoms with Crippen LogP contribution in [-0.2, 0) is 37.0 Å². The first-order valence-corrected chi connectivity index (χ1v) is 17.7. The molecule has 0 spiro atoms. The minimum Gasteiger partial charge on any atom is -0.166 e. The first-order valence-electron chi connectivity index (χ1n) is 14.6. The maximum atomic E-state index is 13.4. The summed E-state index contributed by atoms with van der Waals surface area (Å²) in [5.74, 6) is 0. The number of halogens is 12. The van der Waals surface area contributed by atoms with Crippen molar-refractivity contribution in [2.45, 2.75) is 37.0 Å². The number of hydrogen-bond acceptors (Lipinski definition) is 0. The Morgan fingerprint density at radius 1 is 0.300 bits per heavy atom. The van der Waals surface area contributed by atoms with E-state index in [1.165, 1.54) is 48.5 Å². The Morgan fingerprint density at radius 3 is 0.680 bits per heavy atom. The van der Waals surface area contributed by atoms with Gasteiger partial charge in [-0.05, 0) is 96.7 Å². The van der Waals surface area contributed by atoms with Crippen LogP contribution in [0, 0.1) is 0 Å². The minimum atomic E-state index is -4.62. The van der Waals surface area contributed by atoms with Gasteiger partial charge >= 0.3 is 24.7 Å². The van der Waals surface area contributed by atoms with Gasteiger partial charge in [-0.25, -0.2) is 0 Å². The van der Waals surface area contributed by atoms with E-state index in [-0.39, 0.29) is 12.3 Å². The summed E-state index contributed by atoms with van der Waals surface area (Å²) < 4.78 is 160. The highest BCUT2D eigenvalue weighted by Gasteiger charge is 2.34. The van der Waals surface area contributed by atoms with Crippen molar-refractivity contribution >= 4 is 37.1 Å². The summed E-state index contributed by atoms with van der Waals surface area (Å²) in [6.07, 6.45) is -18.1. The fourth-order valence-electron chi connectivity index (χ4n) is 5.19. The lowest BCUT2D eigenvalue weighted by atomic mass is 10.1. The molecule has 14 heteroatoms. The fourth-order valence-corrected chi connectivity index (χ4v) is 9.85. The van der Waals surface area contributed by atoms with Gasteiger partial charge in [0.2, 0.25) is 0 Å². The van der Waals surface area contributed by atoms with E-state index in [1.807, 2.05) is 0 Å². The second-order valence-electron chi connectivity index (χ2n) is 11.1. The molecule has 262 valence electrons. The molecule has 0 saturated heterocycles. The zero-order valence-electron chi connectivity index (χ0n) is 25.4. The molecule has 0 fully saturated rings. The summed E-state index contributed by atoms with van der Waals surface area (Å²) in [6, 6.07) is 24.3. The van der Waals surface area contributed by atoms with Gasteiger partial charge in [-0.15, -0.1) is 0 Å². The Balaban J connectivity index is 1.56. The smallest absolute Gasteiger partial charge is 0.166 e. The van der Waals surface area contributed by atoms with Crippen molar-refractivity contribution in [2.75, 3.05) is 0 Å².